The molecule has 0 unspecified atom stereocenters. The molecule has 2 saturated heterocycles. The van der Waals surface area contributed by atoms with Crippen molar-refractivity contribution in [3.05, 3.63) is 64.7 Å². The molecule has 2 aromatic carbocycles. The number of benzene rings is 2. The Hall–Kier alpha value is -2.53. The maximum atomic E-state index is 12.8. The Labute approximate surface area is 188 Å². The summed E-state index contributed by atoms with van der Waals surface area (Å²) in [6.45, 7) is 3.65. The van der Waals surface area contributed by atoms with Crippen LogP contribution in [0.5, 0.6) is 5.75 Å². The Morgan fingerprint density at radius 3 is 2.32 bits per heavy atom. The first-order valence-electron chi connectivity index (χ1n) is 11.2. The third kappa shape index (κ3) is 5.40. The molecule has 0 aromatic heterocycles. The van der Waals surface area contributed by atoms with Crippen molar-refractivity contribution >= 4 is 23.4 Å². The van der Waals surface area contributed by atoms with Crippen LogP contribution in [0.1, 0.15) is 52.8 Å². The van der Waals surface area contributed by atoms with Crippen LogP contribution in [0.4, 0.5) is 0 Å². The van der Waals surface area contributed by atoms with Crippen molar-refractivity contribution < 1.29 is 14.3 Å². The molecule has 2 heterocycles. The van der Waals surface area contributed by atoms with E-state index in [9.17, 15) is 9.59 Å². The first kappa shape index (κ1) is 21.7. The van der Waals surface area contributed by atoms with E-state index < -0.39 is 0 Å². The summed E-state index contributed by atoms with van der Waals surface area (Å²) >= 11 is 6.20. The fourth-order valence-corrected chi connectivity index (χ4v) is 4.59. The predicted molar refractivity (Wildman–Crippen MR) is 122 cm³/mol. The molecule has 2 amide bonds. The topological polar surface area (TPSA) is 49.9 Å². The number of carbonyl (C=O) groups excluding carboxylic acids is 2. The van der Waals surface area contributed by atoms with Crippen LogP contribution in [0.2, 0.25) is 5.02 Å². The summed E-state index contributed by atoms with van der Waals surface area (Å²) in [7, 11) is 0. The molecule has 164 valence electrons. The van der Waals surface area contributed by atoms with E-state index in [2.05, 4.69) is 0 Å². The van der Waals surface area contributed by atoms with E-state index in [1.165, 1.54) is 6.42 Å². The maximum absolute atomic E-state index is 12.8. The van der Waals surface area contributed by atoms with Gasteiger partial charge in [-0.3, -0.25) is 9.59 Å². The van der Waals surface area contributed by atoms with Crippen LogP contribution in [0.25, 0.3) is 0 Å². The molecular weight excluding hydrogens is 412 g/mol. The lowest BCUT2D eigenvalue weighted by atomic mass is 9.98. The second-order valence-electron chi connectivity index (χ2n) is 8.43. The van der Waals surface area contributed by atoms with Gasteiger partial charge in [-0.2, -0.15) is 0 Å². The molecule has 0 N–H and O–H groups in total. The molecule has 0 saturated carbocycles. The van der Waals surface area contributed by atoms with E-state index in [0.717, 1.165) is 51.1 Å². The smallest absolute Gasteiger partial charge is 0.255 e. The molecule has 0 spiro atoms. The van der Waals surface area contributed by atoms with Gasteiger partial charge in [0.15, 0.2) is 0 Å². The number of likely N-dealkylation sites (tertiary alicyclic amines) is 2. The van der Waals surface area contributed by atoms with Gasteiger partial charge < -0.3 is 14.5 Å². The van der Waals surface area contributed by atoms with E-state index in [4.69, 9.17) is 16.3 Å². The van der Waals surface area contributed by atoms with Crippen LogP contribution < -0.4 is 4.74 Å². The lowest BCUT2D eigenvalue weighted by Gasteiger charge is -2.33. The summed E-state index contributed by atoms with van der Waals surface area (Å²) in [5, 5.41) is 0.491. The van der Waals surface area contributed by atoms with Crippen molar-refractivity contribution in [2.45, 2.75) is 32.1 Å². The monoisotopic (exact) mass is 440 g/mol. The van der Waals surface area contributed by atoms with Crippen molar-refractivity contribution in [1.29, 1.82) is 0 Å². The molecule has 6 heteroatoms. The fourth-order valence-electron chi connectivity index (χ4n) is 4.38. The van der Waals surface area contributed by atoms with Crippen molar-refractivity contribution in [2.24, 2.45) is 5.92 Å². The molecule has 2 aliphatic heterocycles. The van der Waals surface area contributed by atoms with Crippen LogP contribution in [0.15, 0.2) is 48.5 Å². The first-order valence-corrected chi connectivity index (χ1v) is 11.6. The molecule has 0 radical (unpaired) electrons. The highest BCUT2D eigenvalue weighted by Gasteiger charge is 2.26. The Morgan fingerprint density at radius 2 is 1.58 bits per heavy atom. The molecule has 2 aromatic rings. The van der Waals surface area contributed by atoms with Crippen molar-refractivity contribution in [1.82, 2.24) is 9.80 Å². The molecule has 4 rings (SSSR count). The number of nitrogens with zero attached hydrogens (tertiary/aromatic N) is 2. The van der Waals surface area contributed by atoms with Gasteiger partial charge in [0.1, 0.15) is 5.75 Å². The Kier molecular flexibility index (Phi) is 7.13. The van der Waals surface area contributed by atoms with Gasteiger partial charge in [0, 0.05) is 37.7 Å². The number of amides is 2. The Bertz CT molecular complexity index is 909. The Balaban J connectivity index is 1.30. The summed E-state index contributed by atoms with van der Waals surface area (Å²) in [4.78, 5) is 29.2. The van der Waals surface area contributed by atoms with Crippen LogP contribution >= 0.6 is 11.6 Å². The average molecular weight is 441 g/mol. The fraction of sp³-hybridized carbons (Fsp3) is 0.440. The first-order chi connectivity index (χ1) is 15.1. The lowest BCUT2D eigenvalue weighted by molar-refractivity contribution is 0.0633. The second-order valence-corrected chi connectivity index (χ2v) is 8.83. The molecule has 1 atom stereocenters. The quantitative estimate of drug-likeness (QED) is 0.664. The molecule has 2 fully saturated rings. The molecule has 2 aliphatic rings. The van der Waals surface area contributed by atoms with Gasteiger partial charge in [-0.05, 0) is 68.5 Å². The number of piperidine rings is 2. The van der Waals surface area contributed by atoms with E-state index in [-0.39, 0.29) is 17.7 Å². The average Bonchev–Trinajstić information content (AvgIpc) is 2.83. The normalized spacial score (nSPS) is 19.2. The standard InChI is InChI=1S/C25H29ClN2O3/c26-23-9-3-2-8-22(23)25(30)28-16-6-7-19(17-28)18-31-21-12-10-20(11-13-21)24(29)27-14-4-1-5-15-27/h2-3,8-13,19H,1,4-7,14-18H2/t19-/m1/s1. The van der Waals surface area contributed by atoms with E-state index in [1.54, 1.807) is 12.1 Å². The maximum Gasteiger partial charge on any atom is 0.255 e. The minimum atomic E-state index is -0.0177. The summed E-state index contributed by atoms with van der Waals surface area (Å²) in [5.74, 6) is 1.11. The van der Waals surface area contributed by atoms with Crippen molar-refractivity contribution in [3.8, 4) is 5.75 Å². The number of ether oxygens (including phenoxy) is 1. The molecular formula is C25H29ClN2O3. The van der Waals surface area contributed by atoms with E-state index in [1.807, 2.05) is 46.2 Å². The van der Waals surface area contributed by atoms with Crippen LogP contribution in [0.3, 0.4) is 0 Å². The van der Waals surface area contributed by atoms with Gasteiger partial charge in [0.2, 0.25) is 0 Å². The number of carbonyl (C=O) groups is 2. The van der Waals surface area contributed by atoms with Crippen LogP contribution in [0, 0.1) is 5.92 Å². The zero-order chi connectivity index (χ0) is 21.6. The highest BCUT2D eigenvalue weighted by atomic mass is 35.5. The molecule has 0 bridgehead atoms. The highest BCUT2D eigenvalue weighted by molar-refractivity contribution is 6.33. The van der Waals surface area contributed by atoms with Gasteiger partial charge >= 0.3 is 0 Å². The van der Waals surface area contributed by atoms with Crippen LogP contribution in [-0.2, 0) is 0 Å². The van der Waals surface area contributed by atoms with Gasteiger partial charge in [0.25, 0.3) is 11.8 Å². The van der Waals surface area contributed by atoms with Crippen LogP contribution in [-0.4, -0.2) is 54.4 Å². The third-order valence-electron chi connectivity index (χ3n) is 6.14. The zero-order valence-electron chi connectivity index (χ0n) is 17.8. The second kappa shape index (κ2) is 10.2. The predicted octanol–water partition coefficient (Wildman–Crippen LogP) is 4.90. The summed E-state index contributed by atoms with van der Waals surface area (Å²) in [6, 6.07) is 14.6. The summed E-state index contributed by atoms with van der Waals surface area (Å²) in [6.07, 6.45) is 5.36. The Morgan fingerprint density at radius 1 is 0.871 bits per heavy atom. The largest absolute Gasteiger partial charge is 0.493 e. The number of halogens is 1. The lowest BCUT2D eigenvalue weighted by Crippen LogP contribution is -2.41. The minimum Gasteiger partial charge on any atom is -0.493 e. The van der Waals surface area contributed by atoms with E-state index in [0.29, 0.717) is 29.3 Å². The van der Waals surface area contributed by atoms with Gasteiger partial charge in [-0.15, -0.1) is 0 Å². The molecule has 31 heavy (non-hydrogen) atoms. The number of hydrogen-bond donors (Lipinski definition) is 0. The van der Waals surface area contributed by atoms with E-state index >= 15 is 0 Å². The third-order valence-corrected chi connectivity index (χ3v) is 6.47. The van der Waals surface area contributed by atoms with Crippen molar-refractivity contribution in [2.75, 3.05) is 32.8 Å². The summed E-state index contributed by atoms with van der Waals surface area (Å²) in [5.41, 5.74) is 1.27. The van der Waals surface area contributed by atoms with Gasteiger partial charge in [-0.1, -0.05) is 23.7 Å². The zero-order valence-corrected chi connectivity index (χ0v) is 18.5. The number of rotatable bonds is 5. The number of hydrogen-bond acceptors (Lipinski definition) is 3. The summed E-state index contributed by atoms with van der Waals surface area (Å²) < 4.78 is 5.99. The van der Waals surface area contributed by atoms with Crippen molar-refractivity contribution in [3.63, 3.8) is 0 Å². The molecule has 5 nitrogen and oxygen atoms in total. The molecule has 0 aliphatic carbocycles. The van der Waals surface area contributed by atoms with Gasteiger partial charge in [0.05, 0.1) is 17.2 Å². The highest BCUT2D eigenvalue weighted by Crippen LogP contribution is 2.24. The minimum absolute atomic E-state index is 0.0177. The SMILES string of the molecule is O=C(c1ccc(OC[C@@H]2CCCN(C(=O)c3ccccc3Cl)C2)cc1)N1CCCCC1. The van der Waals surface area contributed by atoms with Gasteiger partial charge in [-0.25, -0.2) is 0 Å².